The predicted octanol–water partition coefficient (Wildman–Crippen LogP) is 0.737. The number of rotatable bonds is 10. The smallest absolute Gasteiger partial charge is 0.877 e. The van der Waals surface area contributed by atoms with E-state index in [0.717, 1.165) is 12.8 Å². The van der Waals surface area contributed by atoms with E-state index in [4.69, 9.17) is 0 Å². The molecule has 0 aliphatic carbocycles. The Morgan fingerprint density at radius 1 is 1.11 bits per heavy atom. The number of amides is 2. The Hall–Kier alpha value is -1.63. The molecule has 1 heterocycles. The second-order valence-corrected chi connectivity index (χ2v) is 6.80. The maximum absolute atomic E-state index is 12.1. The second kappa shape index (κ2) is 12.8. The van der Waals surface area contributed by atoms with Crippen molar-refractivity contribution >= 4 is 28.9 Å². The zero-order valence-electron chi connectivity index (χ0n) is 17.2. The number of anilines is 2. The Bertz CT molecular complexity index is 714. The van der Waals surface area contributed by atoms with Crippen LogP contribution in [0.15, 0.2) is 41.2 Å². The summed E-state index contributed by atoms with van der Waals surface area (Å²) in [6.07, 6.45) is 9.28. The van der Waals surface area contributed by atoms with E-state index in [-0.39, 0.29) is 41.0 Å². The normalized spacial score (nSPS) is 14.8. The van der Waals surface area contributed by atoms with Gasteiger partial charge in [0, 0.05) is 17.7 Å². The molecular formula is C21H28N3NaO3. The minimum Gasteiger partial charge on any atom is -0.877 e. The van der Waals surface area contributed by atoms with Crippen molar-refractivity contribution in [1.29, 1.82) is 0 Å². The minimum absolute atomic E-state index is 0. The van der Waals surface area contributed by atoms with Gasteiger partial charge >= 0.3 is 29.6 Å². The van der Waals surface area contributed by atoms with Gasteiger partial charge in [-0.25, -0.2) is 0 Å². The van der Waals surface area contributed by atoms with E-state index in [1.807, 2.05) is 0 Å². The van der Waals surface area contributed by atoms with E-state index < -0.39 is 5.91 Å². The number of unbranched alkanes of at least 4 members (excludes halogenated alkanes) is 6. The van der Waals surface area contributed by atoms with Crippen LogP contribution in [-0.4, -0.2) is 17.5 Å². The molecule has 28 heavy (non-hydrogen) atoms. The molecule has 146 valence electrons. The number of carbonyl (C=O) groups is 2. The molecule has 0 bridgehead atoms. The van der Waals surface area contributed by atoms with Crippen LogP contribution in [0.3, 0.4) is 0 Å². The number of benzene rings is 1. The van der Waals surface area contributed by atoms with Gasteiger partial charge in [0.1, 0.15) is 0 Å². The Balaban J connectivity index is 0.00000392. The Kier molecular flexibility index (Phi) is 11.1. The zero-order chi connectivity index (χ0) is 19.6. The largest absolute Gasteiger partial charge is 1.00 e. The number of hydrazone groups is 1. The van der Waals surface area contributed by atoms with E-state index in [2.05, 4.69) is 17.3 Å². The Labute approximate surface area is 189 Å². The van der Waals surface area contributed by atoms with Crippen molar-refractivity contribution in [2.24, 2.45) is 5.10 Å². The van der Waals surface area contributed by atoms with Crippen molar-refractivity contribution in [2.75, 3.05) is 10.3 Å². The van der Waals surface area contributed by atoms with Gasteiger partial charge in [-0.1, -0.05) is 45.4 Å². The molecular weight excluding hydrogens is 365 g/mol. The summed E-state index contributed by atoms with van der Waals surface area (Å²) in [6.45, 7) is 3.83. The molecule has 1 aromatic rings. The van der Waals surface area contributed by atoms with Gasteiger partial charge in [0.05, 0.1) is 11.4 Å². The predicted molar refractivity (Wildman–Crippen MR) is 106 cm³/mol. The topological polar surface area (TPSA) is 84.8 Å². The molecule has 0 unspecified atom stereocenters. The van der Waals surface area contributed by atoms with E-state index in [1.165, 1.54) is 37.1 Å². The number of hydrogen-bond donors (Lipinski definition) is 1. The molecule has 2 amide bonds. The average molecular weight is 393 g/mol. The third kappa shape index (κ3) is 7.08. The fourth-order valence-electron chi connectivity index (χ4n) is 2.98. The zero-order valence-corrected chi connectivity index (χ0v) is 19.2. The van der Waals surface area contributed by atoms with Crippen molar-refractivity contribution in [3.8, 4) is 0 Å². The van der Waals surface area contributed by atoms with Crippen LogP contribution in [0.1, 0.15) is 65.2 Å². The van der Waals surface area contributed by atoms with Crippen LogP contribution in [0.2, 0.25) is 0 Å². The van der Waals surface area contributed by atoms with Gasteiger partial charge in [-0.3, -0.25) is 9.59 Å². The van der Waals surface area contributed by atoms with E-state index in [1.54, 1.807) is 31.2 Å². The SMILES string of the molecule is CCCCCCCCCC(=O)Nc1ccc(N2N=C(C)/C(=C\[O-])C2=O)cc1.[Na+]. The van der Waals surface area contributed by atoms with Crippen molar-refractivity contribution in [3.63, 3.8) is 0 Å². The molecule has 0 saturated carbocycles. The van der Waals surface area contributed by atoms with Gasteiger partial charge in [-0.15, -0.1) is 6.26 Å². The van der Waals surface area contributed by atoms with Gasteiger partial charge in [-0.2, -0.15) is 10.1 Å². The summed E-state index contributed by atoms with van der Waals surface area (Å²) in [6, 6.07) is 6.86. The Morgan fingerprint density at radius 2 is 1.71 bits per heavy atom. The van der Waals surface area contributed by atoms with Crippen LogP contribution in [-0.2, 0) is 9.59 Å². The molecule has 0 aromatic heterocycles. The molecule has 1 aliphatic rings. The van der Waals surface area contributed by atoms with Crippen molar-refractivity contribution in [2.45, 2.75) is 65.2 Å². The van der Waals surface area contributed by atoms with Crippen LogP contribution in [0, 0.1) is 0 Å². The third-order valence-corrected chi connectivity index (χ3v) is 4.58. The molecule has 6 nitrogen and oxygen atoms in total. The fourth-order valence-corrected chi connectivity index (χ4v) is 2.98. The third-order valence-electron chi connectivity index (χ3n) is 4.58. The summed E-state index contributed by atoms with van der Waals surface area (Å²) in [5, 5.41) is 19.1. The van der Waals surface area contributed by atoms with Gasteiger partial charge in [0.25, 0.3) is 5.91 Å². The summed E-state index contributed by atoms with van der Waals surface area (Å²) in [5.74, 6) is -0.433. The molecule has 1 aliphatic heterocycles. The summed E-state index contributed by atoms with van der Waals surface area (Å²) < 4.78 is 0. The van der Waals surface area contributed by atoms with Crippen LogP contribution in [0.4, 0.5) is 11.4 Å². The maximum Gasteiger partial charge on any atom is 1.00 e. The van der Waals surface area contributed by atoms with Crippen LogP contribution >= 0.6 is 0 Å². The van der Waals surface area contributed by atoms with Gasteiger partial charge in [0.15, 0.2) is 0 Å². The van der Waals surface area contributed by atoms with Gasteiger partial charge in [-0.05, 0) is 37.6 Å². The first kappa shape index (κ1) is 24.4. The summed E-state index contributed by atoms with van der Waals surface area (Å²) >= 11 is 0. The number of nitrogens with zero attached hydrogens (tertiary/aromatic N) is 2. The monoisotopic (exact) mass is 393 g/mol. The fraction of sp³-hybridized carbons (Fsp3) is 0.476. The first-order valence-electron chi connectivity index (χ1n) is 9.69. The number of nitrogens with one attached hydrogen (secondary N) is 1. The molecule has 0 saturated heterocycles. The van der Waals surface area contributed by atoms with Crippen molar-refractivity contribution < 1.29 is 44.3 Å². The quantitative estimate of drug-likeness (QED) is 0.275. The molecule has 0 atom stereocenters. The van der Waals surface area contributed by atoms with Crippen LogP contribution in [0.5, 0.6) is 0 Å². The standard InChI is InChI=1S/C21H29N3O3.Na/c1-3-4-5-6-7-8-9-10-20(26)22-17-11-13-18(14-12-17)24-21(27)19(15-25)16(2)23-24;/h11-15,25H,3-10H2,1-2H3,(H,22,26);/q;+1/p-1/b19-15+;. The van der Waals surface area contributed by atoms with Crippen molar-refractivity contribution in [3.05, 3.63) is 36.1 Å². The van der Waals surface area contributed by atoms with E-state index in [0.29, 0.717) is 29.8 Å². The van der Waals surface area contributed by atoms with Gasteiger partial charge in [0.2, 0.25) is 5.91 Å². The van der Waals surface area contributed by atoms with Crippen LogP contribution < -0.4 is 45.0 Å². The molecule has 2 rings (SSSR count). The maximum atomic E-state index is 12.1. The molecule has 0 fully saturated rings. The molecule has 0 radical (unpaired) electrons. The second-order valence-electron chi connectivity index (χ2n) is 6.80. The average Bonchev–Trinajstić information content (AvgIpc) is 2.95. The summed E-state index contributed by atoms with van der Waals surface area (Å²) in [4.78, 5) is 24.1. The Morgan fingerprint density at radius 3 is 2.29 bits per heavy atom. The van der Waals surface area contributed by atoms with E-state index in [9.17, 15) is 14.7 Å². The van der Waals surface area contributed by atoms with Gasteiger partial charge < -0.3 is 10.4 Å². The van der Waals surface area contributed by atoms with E-state index >= 15 is 0 Å². The number of carbonyl (C=O) groups excluding carboxylic acids is 2. The minimum atomic E-state index is -0.432. The molecule has 1 aromatic carbocycles. The molecule has 0 spiro atoms. The first-order chi connectivity index (χ1) is 13.1. The molecule has 1 N–H and O–H groups in total. The number of hydrogen-bond acceptors (Lipinski definition) is 4. The van der Waals surface area contributed by atoms with Crippen molar-refractivity contribution in [1.82, 2.24) is 0 Å². The van der Waals surface area contributed by atoms with Crippen LogP contribution in [0.25, 0.3) is 0 Å². The summed E-state index contributed by atoms with van der Waals surface area (Å²) in [5.41, 5.74) is 1.71. The first-order valence-corrected chi connectivity index (χ1v) is 9.69. The molecule has 7 heteroatoms. The summed E-state index contributed by atoms with van der Waals surface area (Å²) in [7, 11) is 0.